The van der Waals surface area contributed by atoms with Crippen LogP contribution in [0.5, 0.6) is 0 Å². The number of carbonyl (C=O) groups is 1. The van der Waals surface area contributed by atoms with E-state index in [4.69, 9.17) is 0 Å². The summed E-state index contributed by atoms with van der Waals surface area (Å²) >= 11 is 2.02. The largest absolute Gasteiger partial charge is 0.298 e. The summed E-state index contributed by atoms with van der Waals surface area (Å²) in [5, 5.41) is 0.667. The molecule has 68 valence electrons. The predicted molar refractivity (Wildman–Crippen MR) is 56.3 cm³/mol. The Balaban J connectivity index is 2.16. The first-order valence-electron chi connectivity index (χ1n) is 4.57. The van der Waals surface area contributed by atoms with Gasteiger partial charge < -0.3 is 0 Å². The maximum absolute atomic E-state index is 10.4. The minimum atomic E-state index is 0.667. The van der Waals surface area contributed by atoms with E-state index in [1.54, 1.807) is 0 Å². The van der Waals surface area contributed by atoms with Crippen LogP contribution in [0.1, 0.15) is 34.0 Å². The highest BCUT2D eigenvalue weighted by Gasteiger charge is 2.16. The van der Waals surface area contributed by atoms with E-state index in [0.717, 1.165) is 11.8 Å². The average Bonchev–Trinajstić information content (AvgIpc) is 2.71. The highest BCUT2D eigenvalue weighted by atomic mass is 32.2. The van der Waals surface area contributed by atoms with Gasteiger partial charge in [-0.15, -0.1) is 0 Å². The molecular formula is C11H12OS. The summed E-state index contributed by atoms with van der Waals surface area (Å²) in [6.45, 7) is 0. The number of hydrogen-bond acceptors (Lipinski definition) is 2. The van der Waals surface area contributed by atoms with Crippen molar-refractivity contribution >= 4 is 18.0 Å². The fraction of sp³-hybridized carbons (Fsp3) is 0.364. The van der Waals surface area contributed by atoms with Gasteiger partial charge in [-0.3, -0.25) is 4.79 Å². The van der Waals surface area contributed by atoms with E-state index >= 15 is 0 Å². The van der Waals surface area contributed by atoms with E-state index in [9.17, 15) is 4.79 Å². The minimum Gasteiger partial charge on any atom is -0.298 e. The molecule has 1 fully saturated rings. The number of hydrogen-bond donors (Lipinski definition) is 0. The number of thioether (sulfide) groups is 1. The van der Waals surface area contributed by atoms with Crippen molar-refractivity contribution in [1.29, 1.82) is 0 Å². The molecule has 1 aromatic rings. The van der Waals surface area contributed by atoms with Crippen LogP contribution in [0.3, 0.4) is 0 Å². The van der Waals surface area contributed by atoms with E-state index in [-0.39, 0.29) is 0 Å². The van der Waals surface area contributed by atoms with Gasteiger partial charge in [0.2, 0.25) is 0 Å². The third-order valence-electron chi connectivity index (χ3n) is 2.37. The zero-order chi connectivity index (χ0) is 9.10. The van der Waals surface area contributed by atoms with Gasteiger partial charge in [0, 0.05) is 10.8 Å². The molecule has 0 spiro atoms. The van der Waals surface area contributed by atoms with Crippen LogP contribution < -0.4 is 0 Å². The Morgan fingerprint density at radius 1 is 1.31 bits per heavy atom. The van der Waals surface area contributed by atoms with Crippen LogP contribution >= 0.6 is 11.8 Å². The lowest BCUT2D eigenvalue weighted by Crippen LogP contribution is -1.88. The zero-order valence-electron chi connectivity index (χ0n) is 7.40. The van der Waals surface area contributed by atoms with Crippen LogP contribution in [-0.2, 0) is 0 Å². The maximum Gasteiger partial charge on any atom is 0.150 e. The molecular weight excluding hydrogens is 180 g/mol. The van der Waals surface area contributed by atoms with E-state index < -0.39 is 0 Å². The molecule has 1 aliphatic rings. The Bertz CT molecular complexity index is 285. The molecule has 1 nitrogen and oxygen atoms in total. The third kappa shape index (κ3) is 1.94. The van der Waals surface area contributed by atoms with Crippen LogP contribution in [-0.4, -0.2) is 12.0 Å². The monoisotopic (exact) mass is 192 g/mol. The minimum absolute atomic E-state index is 0.667. The molecule has 0 radical (unpaired) electrons. The summed E-state index contributed by atoms with van der Waals surface area (Å²) < 4.78 is 0. The lowest BCUT2D eigenvalue weighted by molar-refractivity contribution is 0.112. The van der Waals surface area contributed by atoms with Gasteiger partial charge in [0.15, 0.2) is 0 Å². The molecule has 0 N–H and O–H groups in total. The summed E-state index contributed by atoms with van der Waals surface area (Å²) in [5.74, 6) is 1.28. The zero-order valence-corrected chi connectivity index (χ0v) is 8.22. The lowest BCUT2D eigenvalue weighted by Gasteiger charge is -2.07. The van der Waals surface area contributed by atoms with E-state index in [0.29, 0.717) is 5.25 Å². The summed E-state index contributed by atoms with van der Waals surface area (Å²) in [6, 6.07) is 7.96. The quantitative estimate of drug-likeness (QED) is 0.670. The van der Waals surface area contributed by atoms with Crippen molar-refractivity contribution in [3.8, 4) is 0 Å². The number of carbonyl (C=O) groups excluding carboxylic acids is 1. The van der Waals surface area contributed by atoms with Crippen molar-refractivity contribution in [2.45, 2.75) is 18.1 Å². The molecule has 13 heavy (non-hydrogen) atoms. The van der Waals surface area contributed by atoms with Gasteiger partial charge in [0.05, 0.1) is 0 Å². The summed E-state index contributed by atoms with van der Waals surface area (Å²) in [6.07, 6.45) is 3.50. The molecule has 0 amide bonds. The Morgan fingerprint density at radius 3 is 2.62 bits per heavy atom. The topological polar surface area (TPSA) is 17.1 Å². The summed E-state index contributed by atoms with van der Waals surface area (Å²) in [5.41, 5.74) is 2.14. The van der Waals surface area contributed by atoms with Gasteiger partial charge in [-0.05, 0) is 24.2 Å². The second-order valence-electron chi connectivity index (χ2n) is 3.29. The van der Waals surface area contributed by atoms with Crippen LogP contribution in [0, 0.1) is 0 Å². The molecule has 0 aliphatic carbocycles. The first-order chi connectivity index (χ1) is 6.40. The smallest absolute Gasteiger partial charge is 0.150 e. The van der Waals surface area contributed by atoms with Crippen LogP contribution in [0.2, 0.25) is 0 Å². The Hall–Kier alpha value is -0.760. The van der Waals surface area contributed by atoms with E-state index in [1.807, 2.05) is 23.9 Å². The van der Waals surface area contributed by atoms with Crippen molar-refractivity contribution in [2.24, 2.45) is 0 Å². The molecule has 1 unspecified atom stereocenters. The molecule has 0 aromatic heterocycles. The Morgan fingerprint density at radius 2 is 2.08 bits per heavy atom. The van der Waals surface area contributed by atoms with E-state index in [2.05, 4.69) is 12.1 Å². The first kappa shape index (κ1) is 8.82. The maximum atomic E-state index is 10.4. The normalized spacial score (nSPS) is 21.7. The van der Waals surface area contributed by atoms with Crippen molar-refractivity contribution in [3.63, 3.8) is 0 Å². The molecule has 1 atom stereocenters. The highest BCUT2D eigenvalue weighted by molar-refractivity contribution is 7.99. The average molecular weight is 192 g/mol. The fourth-order valence-corrected chi connectivity index (χ4v) is 2.93. The second-order valence-corrected chi connectivity index (χ2v) is 4.60. The van der Waals surface area contributed by atoms with Crippen molar-refractivity contribution < 1.29 is 4.79 Å². The number of benzene rings is 1. The Labute approximate surface area is 82.5 Å². The predicted octanol–water partition coefficient (Wildman–Crippen LogP) is 3.07. The summed E-state index contributed by atoms with van der Waals surface area (Å²) in [4.78, 5) is 10.4. The standard InChI is InChI=1S/C11H12OS/c12-8-9-3-5-10(6-4-9)11-2-1-7-13-11/h3-6,8,11H,1-2,7H2. The molecule has 2 heteroatoms. The fourth-order valence-electron chi connectivity index (χ4n) is 1.63. The van der Waals surface area contributed by atoms with Crippen LogP contribution in [0.25, 0.3) is 0 Å². The van der Waals surface area contributed by atoms with Crippen molar-refractivity contribution in [2.75, 3.05) is 5.75 Å². The van der Waals surface area contributed by atoms with Crippen molar-refractivity contribution in [3.05, 3.63) is 35.4 Å². The number of aldehydes is 1. The van der Waals surface area contributed by atoms with Gasteiger partial charge in [-0.1, -0.05) is 24.3 Å². The van der Waals surface area contributed by atoms with Gasteiger partial charge in [-0.2, -0.15) is 11.8 Å². The molecule has 1 aliphatic heterocycles. The molecule has 1 saturated heterocycles. The third-order valence-corrected chi connectivity index (χ3v) is 3.81. The van der Waals surface area contributed by atoms with E-state index in [1.165, 1.54) is 24.2 Å². The second kappa shape index (κ2) is 3.97. The van der Waals surface area contributed by atoms with Gasteiger partial charge >= 0.3 is 0 Å². The SMILES string of the molecule is O=Cc1ccc(C2CCCS2)cc1. The number of rotatable bonds is 2. The van der Waals surface area contributed by atoms with Gasteiger partial charge in [-0.25, -0.2) is 0 Å². The van der Waals surface area contributed by atoms with Crippen LogP contribution in [0.15, 0.2) is 24.3 Å². The van der Waals surface area contributed by atoms with Gasteiger partial charge in [0.25, 0.3) is 0 Å². The molecule has 0 saturated carbocycles. The molecule has 0 bridgehead atoms. The molecule has 1 aromatic carbocycles. The molecule has 1 heterocycles. The summed E-state index contributed by atoms with van der Waals surface area (Å²) in [7, 11) is 0. The Kier molecular flexibility index (Phi) is 2.69. The highest BCUT2D eigenvalue weighted by Crippen LogP contribution is 2.39. The lowest BCUT2D eigenvalue weighted by atomic mass is 10.1. The molecule has 2 rings (SSSR count). The van der Waals surface area contributed by atoms with Crippen molar-refractivity contribution in [1.82, 2.24) is 0 Å². The first-order valence-corrected chi connectivity index (χ1v) is 5.62. The van der Waals surface area contributed by atoms with Crippen LogP contribution in [0.4, 0.5) is 0 Å². The van der Waals surface area contributed by atoms with Gasteiger partial charge in [0.1, 0.15) is 6.29 Å².